The van der Waals surface area contributed by atoms with Crippen LogP contribution in [0.15, 0.2) is 46.9 Å². The van der Waals surface area contributed by atoms with Crippen molar-refractivity contribution in [1.82, 2.24) is 0 Å². The number of benzene rings is 2. The molecule has 0 spiro atoms. The highest BCUT2D eigenvalue weighted by atomic mass is 79.9. The van der Waals surface area contributed by atoms with Gasteiger partial charge in [-0.15, -0.1) is 0 Å². The minimum absolute atomic E-state index is 0.187. The first kappa shape index (κ1) is 12.1. The number of hydrogen-bond acceptors (Lipinski definition) is 1. The molecular weight excluding hydrogens is 281 g/mol. The van der Waals surface area contributed by atoms with Crippen LogP contribution in [0.25, 0.3) is 0 Å². The Labute approximate surface area is 109 Å². The number of aryl methyl sites for hydroxylation is 1. The van der Waals surface area contributed by atoms with E-state index < -0.39 is 0 Å². The van der Waals surface area contributed by atoms with Gasteiger partial charge >= 0.3 is 0 Å². The lowest BCUT2D eigenvalue weighted by Crippen LogP contribution is -2.01. The molecular formula is C14H13BrFN. The normalized spacial score (nSPS) is 10.3. The summed E-state index contributed by atoms with van der Waals surface area (Å²) in [4.78, 5) is 0. The summed E-state index contributed by atoms with van der Waals surface area (Å²) in [5.41, 5.74) is 2.86. The number of nitrogens with one attached hydrogen (secondary N) is 1. The number of hydrogen-bond donors (Lipinski definition) is 1. The SMILES string of the molecule is Cc1ccc(NCc2cc(Br)ccc2F)cc1. The Hall–Kier alpha value is -1.35. The molecule has 0 unspecified atom stereocenters. The lowest BCUT2D eigenvalue weighted by Gasteiger charge is -2.08. The molecule has 0 radical (unpaired) electrons. The van der Waals surface area contributed by atoms with Crippen molar-refractivity contribution in [2.24, 2.45) is 0 Å². The van der Waals surface area contributed by atoms with Gasteiger partial charge in [0.05, 0.1) is 0 Å². The fourth-order valence-electron chi connectivity index (χ4n) is 1.55. The first-order chi connectivity index (χ1) is 8.15. The van der Waals surface area contributed by atoms with E-state index in [-0.39, 0.29) is 5.82 Å². The van der Waals surface area contributed by atoms with E-state index in [9.17, 15) is 4.39 Å². The highest BCUT2D eigenvalue weighted by molar-refractivity contribution is 9.10. The smallest absolute Gasteiger partial charge is 0.128 e. The monoisotopic (exact) mass is 293 g/mol. The average molecular weight is 294 g/mol. The zero-order valence-corrected chi connectivity index (χ0v) is 11.1. The van der Waals surface area contributed by atoms with Crippen molar-refractivity contribution < 1.29 is 4.39 Å². The molecule has 0 saturated heterocycles. The minimum Gasteiger partial charge on any atom is -0.381 e. The average Bonchev–Trinajstić information content (AvgIpc) is 2.32. The van der Waals surface area contributed by atoms with Crippen LogP contribution in [-0.4, -0.2) is 0 Å². The largest absolute Gasteiger partial charge is 0.381 e. The third kappa shape index (κ3) is 3.30. The molecule has 2 rings (SSSR count). The third-order valence-electron chi connectivity index (χ3n) is 2.54. The second-order valence-electron chi connectivity index (χ2n) is 3.96. The van der Waals surface area contributed by atoms with Crippen LogP contribution in [-0.2, 0) is 6.54 Å². The van der Waals surface area contributed by atoms with Crippen molar-refractivity contribution in [3.63, 3.8) is 0 Å². The summed E-state index contributed by atoms with van der Waals surface area (Å²) < 4.78 is 14.4. The van der Waals surface area contributed by atoms with E-state index in [0.29, 0.717) is 12.1 Å². The van der Waals surface area contributed by atoms with Crippen molar-refractivity contribution in [2.75, 3.05) is 5.32 Å². The Balaban J connectivity index is 2.07. The zero-order valence-electron chi connectivity index (χ0n) is 9.50. The van der Waals surface area contributed by atoms with E-state index in [2.05, 4.69) is 21.2 Å². The molecule has 0 saturated carbocycles. The molecule has 0 aromatic heterocycles. The van der Waals surface area contributed by atoms with Crippen molar-refractivity contribution in [2.45, 2.75) is 13.5 Å². The van der Waals surface area contributed by atoms with E-state index >= 15 is 0 Å². The van der Waals surface area contributed by atoms with Crippen molar-refractivity contribution in [3.05, 3.63) is 63.9 Å². The predicted octanol–water partition coefficient (Wildman–Crippen LogP) is 4.51. The first-order valence-corrected chi connectivity index (χ1v) is 6.19. The topological polar surface area (TPSA) is 12.0 Å². The van der Waals surface area contributed by atoms with Gasteiger partial charge < -0.3 is 5.32 Å². The first-order valence-electron chi connectivity index (χ1n) is 5.39. The van der Waals surface area contributed by atoms with Gasteiger partial charge in [-0.2, -0.15) is 0 Å². The molecule has 0 aliphatic carbocycles. The molecule has 17 heavy (non-hydrogen) atoms. The molecule has 0 amide bonds. The fraction of sp³-hybridized carbons (Fsp3) is 0.143. The molecule has 1 N–H and O–H groups in total. The van der Waals surface area contributed by atoms with Gasteiger partial charge in [0.2, 0.25) is 0 Å². The summed E-state index contributed by atoms with van der Waals surface area (Å²) in [6.45, 7) is 2.52. The zero-order chi connectivity index (χ0) is 12.3. The van der Waals surface area contributed by atoms with Crippen LogP contribution >= 0.6 is 15.9 Å². The Morgan fingerprint density at radius 1 is 1.12 bits per heavy atom. The fourth-order valence-corrected chi connectivity index (χ4v) is 1.96. The molecule has 3 heteroatoms. The van der Waals surface area contributed by atoms with Crippen LogP contribution in [0.5, 0.6) is 0 Å². The predicted molar refractivity (Wildman–Crippen MR) is 72.6 cm³/mol. The molecule has 0 aliphatic rings. The van der Waals surface area contributed by atoms with Crippen LogP contribution in [0.2, 0.25) is 0 Å². The number of rotatable bonds is 3. The van der Waals surface area contributed by atoms with Crippen LogP contribution in [0.3, 0.4) is 0 Å². The van der Waals surface area contributed by atoms with Gasteiger partial charge in [-0.3, -0.25) is 0 Å². The van der Waals surface area contributed by atoms with E-state index in [4.69, 9.17) is 0 Å². The van der Waals surface area contributed by atoms with Crippen LogP contribution in [0, 0.1) is 12.7 Å². The number of anilines is 1. The van der Waals surface area contributed by atoms with E-state index in [1.54, 1.807) is 12.1 Å². The lowest BCUT2D eigenvalue weighted by molar-refractivity contribution is 0.612. The molecule has 88 valence electrons. The summed E-state index contributed by atoms with van der Waals surface area (Å²) in [5, 5.41) is 3.20. The Morgan fingerprint density at radius 3 is 2.53 bits per heavy atom. The van der Waals surface area contributed by atoms with Crippen molar-refractivity contribution >= 4 is 21.6 Å². The molecule has 0 bridgehead atoms. The van der Waals surface area contributed by atoms with E-state index in [1.807, 2.05) is 31.2 Å². The van der Waals surface area contributed by atoms with Crippen molar-refractivity contribution in [1.29, 1.82) is 0 Å². The quantitative estimate of drug-likeness (QED) is 0.878. The molecule has 2 aromatic rings. The highest BCUT2D eigenvalue weighted by Gasteiger charge is 2.02. The van der Waals surface area contributed by atoms with Crippen LogP contribution < -0.4 is 5.32 Å². The Kier molecular flexibility index (Phi) is 3.79. The highest BCUT2D eigenvalue weighted by Crippen LogP contribution is 2.17. The number of halogens is 2. The van der Waals surface area contributed by atoms with Gasteiger partial charge in [0, 0.05) is 22.3 Å². The Morgan fingerprint density at radius 2 is 1.82 bits per heavy atom. The summed E-state index contributed by atoms with van der Waals surface area (Å²) in [6.07, 6.45) is 0. The standard InChI is InChI=1S/C14H13BrFN/c1-10-2-5-13(6-3-10)17-9-11-8-12(15)4-7-14(11)16/h2-8,17H,9H2,1H3. The van der Waals surface area contributed by atoms with E-state index in [0.717, 1.165) is 10.2 Å². The van der Waals surface area contributed by atoms with Gasteiger partial charge in [0.1, 0.15) is 5.82 Å². The third-order valence-corrected chi connectivity index (χ3v) is 3.04. The maximum Gasteiger partial charge on any atom is 0.128 e. The molecule has 0 aliphatic heterocycles. The molecule has 0 heterocycles. The second kappa shape index (κ2) is 5.32. The van der Waals surface area contributed by atoms with Gasteiger partial charge in [0.15, 0.2) is 0 Å². The molecule has 0 fully saturated rings. The minimum atomic E-state index is -0.187. The molecule has 0 atom stereocenters. The second-order valence-corrected chi connectivity index (χ2v) is 4.87. The molecule has 1 nitrogen and oxygen atoms in total. The van der Waals surface area contributed by atoms with Crippen molar-refractivity contribution in [3.8, 4) is 0 Å². The Bertz CT molecular complexity index is 508. The summed E-state index contributed by atoms with van der Waals surface area (Å²) >= 11 is 3.34. The summed E-state index contributed by atoms with van der Waals surface area (Å²) in [6, 6.07) is 13.0. The van der Waals surface area contributed by atoms with E-state index in [1.165, 1.54) is 11.6 Å². The van der Waals surface area contributed by atoms with Gasteiger partial charge in [0.25, 0.3) is 0 Å². The van der Waals surface area contributed by atoms with Gasteiger partial charge in [-0.25, -0.2) is 4.39 Å². The van der Waals surface area contributed by atoms with Crippen LogP contribution in [0.4, 0.5) is 10.1 Å². The van der Waals surface area contributed by atoms with Crippen LogP contribution in [0.1, 0.15) is 11.1 Å². The molecule has 2 aromatic carbocycles. The maximum atomic E-state index is 13.5. The lowest BCUT2D eigenvalue weighted by atomic mass is 10.2. The van der Waals surface area contributed by atoms with Gasteiger partial charge in [-0.1, -0.05) is 33.6 Å². The maximum absolute atomic E-state index is 13.5. The van der Waals surface area contributed by atoms with Gasteiger partial charge in [-0.05, 0) is 37.3 Å². The summed E-state index contributed by atoms with van der Waals surface area (Å²) in [5.74, 6) is -0.187. The summed E-state index contributed by atoms with van der Waals surface area (Å²) in [7, 11) is 0.